The van der Waals surface area contributed by atoms with Crippen molar-refractivity contribution in [2.24, 2.45) is 5.92 Å². The van der Waals surface area contributed by atoms with Crippen molar-refractivity contribution >= 4 is 16.8 Å². The van der Waals surface area contributed by atoms with E-state index in [1.165, 1.54) is 10.9 Å². The highest BCUT2D eigenvalue weighted by atomic mass is 16.2. The molecule has 1 aromatic carbocycles. The molecule has 3 aromatic rings. The van der Waals surface area contributed by atoms with Gasteiger partial charge in [0.25, 0.3) is 5.91 Å². The fourth-order valence-electron chi connectivity index (χ4n) is 3.74. The van der Waals surface area contributed by atoms with Gasteiger partial charge in [0.15, 0.2) is 0 Å². The maximum absolute atomic E-state index is 12.8. The minimum Gasteiger partial charge on any atom is -0.337 e. The third kappa shape index (κ3) is 3.57. The third-order valence-electron chi connectivity index (χ3n) is 4.99. The second-order valence-electron chi connectivity index (χ2n) is 6.98. The zero-order valence-corrected chi connectivity index (χ0v) is 14.9. The van der Waals surface area contributed by atoms with Crippen molar-refractivity contribution in [2.45, 2.75) is 26.2 Å². The molecule has 5 nitrogen and oxygen atoms in total. The average Bonchev–Trinajstić information content (AvgIpc) is 2.67. The van der Waals surface area contributed by atoms with Gasteiger partial charge < -0.3 is 4.90 Å². The molecule has 1 saturated heterocycles. The van der Waals surface area contributed by atoms with E-state index in [0.29, 0.717) is 17.4 Å². The molecular formula is C21H22N4O. The number of benzene rings is 1. The SMILES string of the molecule is Cc1nccc(C(=O)N2CCCC(Cc3ccc4ncccc4c3)C2)n1. The Hall–Kier alpha value is -2.82. The minimum atomic E-state index is 0.0166. The first kappa shape index (κ1) is 16.6. The number of likely N-dealkylation sites (tertiary alicyclic amines) is 1. The van der Waals surface area contributed by atoms with Crippen molar-refractivity contribution in [3.05, 3.63) is 65.9 Å². The van der Waals surface area contributed by atoms with Crippen molar-refractivity contribution in [3.8, 4) is 0 Å². The van der Waals surface area contributed by atoms with Gasteiger partial charge in [0, 0.05) is 30.9 Å². The molecule has 1 atom stereocenters. The molecule has 1 fully saturated rings. The molecule has 0 aliphatic carbocycles. The van der Waals surface area contributed by atoms with Crippen LogP contribution in [0.3, 0.4) is 0 Å². The first-order valence-corrected chi connectivity index (χ1v) is 9.11. The lowest BCUT2D eigenvalue weighted by molar-refractivity contribution is 0.0667. The van der Waals surface area contributed by atoms with Gasteiger partial charge in [0.05, 0.1) is 5.52 Å². The van der Waals surface area contributed by atoms with Crippen LogP contribution in [0.15, 0.2) is 48.8 Å². The molecule has 4 rings (SSSR count). The van der Waals surface area contributed by atoms with Gasteiger partial charge in [-0.1, -0.05) is 12.1 Å². The molecule has 5 heteroatoms. The average molecular weight is 346 g/mol. The molecule has 2 aromatic heterocycles. The van der Waals surface area contributed by atoms with Gasteiger partial charge in [-0.2, -0.15) is 0 Å². The van der Waals surface area contributed by atoms with Gasteiger partial charge in [-0.05, 0) is 61.9 Å². The lowest BCUT2D eigenvalue weighted by Crippen LogP contribution is -2.40. The van der Waals surface area contributed by atoms with E-state index in [9.17, 15) is 4.79 Å². The highest BCUT2D eigenvalue weighted by Crippen LogP contribution is 2.23. The quantitative estimate of drug-likeness (QED) is 0.729. The molecule has 1 aliphatic rings. The Labute approximate surface area is 153 Å². The topological polar surface area (TPSA) is 59.0 Å². The molecule has 1 amide bonds. The molecule has 0 bridgehead atoms. The molecule has 132 valence electrons. The number of hydrogen-bond acceptors (Lipinski definition) is 4. The van der Waals surface area contributed by atoms with Crippen LogP contribution < -0.4 is 0 Å². The fourth-order valence-corrected chi connectivity index (χ4v) is 3.74. The summed E-state index contributed by atoms with van der Waals surface area (Å²) in [5, 5.41) is 1.17. The maximum atomic E-state index is 12.8. The van der Waals surface area contributed by atoms with Crippen LogP contribution in [0.2, 0.25) is 0 Å². The summed E-state index contributed by atoms with van der Waals surface area (Å²) < 4.78 is 0. The van der Waals surface area contributed by atoms with E-state index in [1.807, 2.05) is 24.1 Å². The number of fused-ring (bicyclic) bond motifs is 1. The molecule has 26 heavy (non-hydrogen) atoms. The van der Waals surface area contributed by atoms with Gasteiger partial charge in [-0.25, -0.2) is 9.97 Å². The predicted molar refractivity (Wildman–Crippen MR) is 101 cm³/mol. The van der Waals surface area contributed by atoms with E-state index in [0.717, 1.165) is 37.9 Å². The summed E-state index contributed by atoms with van der Waals surface area (Å²) in [6, 6.07) is 12.2. The van der Waals surface area contributed by atoms with Crippen LogP contribution in [0.1, 0.15) is 34.7 Å². The molecular weight excluding hydrogens is 324 g/mol. The molecule has 0 spiro atoms. The van der Waals surface area contributed by atoms with Gasteiger partial charge in [-0.15, -0.1) is 0 Å². The molecule has 1 unspecified atom stereocenters. The van der Waals surface area contributed by atoms with Crippen LogP contribution in [0, 0.1) is 12.8 Å². The summed E-state index contributed by atoms with van der Waals surface area (Å²) in [6.07, 6.45) is 6.65. The lowest BCUT2D eigenvalue weighted by Gasteiger charge is -2.32. The number of amides is 1. The summed E-state index contributed by atoms with van der Waals surface area (Å²) in [4.78, 5) is 27.4. The smallest absolute Gasteiger partial charge is 0.272 e. The van der Waals surface area contributed by atoms with Crippen molar-refractivity contribution in [2.75, 3.05) is 13.1 Å². The molecule has 1 aliphatic heterocycles. The summed E-state index contributed by atoms with van der Waals surface area (Å²) >= 11 is 0. The Bertz CT molecular complexity index is 940. The number of rotatable bonds is 3. The number of piperidine rings is 1. The second-order valence-corrected chi connectivity index (χ2v) is 6.98. The Morgan fingerprint density at radius 1 is 1.19 bits per heavy atom. The molecule has 0 radical (unpaired) electrons. The van der Waals surface area contributed by atoms with Crippen LogP contribution in [0.4, 0.5) is 0 Å². The maximum Gasteiger partial charge on any atom is 0.272 e. The van der Waals surface area contributed by atoms with Crippen LogP contribution >= 0.6 is 0 Å². The van der Waals surface area contributed by atoms with Crippen molar-refractivity contribution < 1.29 is 4.79 Å². The van der Waals surface area contributed by atoms with Crippen LogP contribution in [0.5, 0.6) is 0 Å². The highest BCUT2D eigenvalue weighted by molar-refractivity contribution is 5.92. The molecule has 3 heterocycles. The fraction of sp³-hybridized carbons (Fsp3) is 0.333. The number of aryl methyl sites for hydroxylation is 1. The van der Waals surface area contributed by atoms with Crippen molar-refractivity contribution in [1.29, 1.82) is 0 Å². The summed E-state index contributed by atoms with van der Waals surface area (Å²) in [6.45, 7) is 3.40. The second kappa shape index (κ2) is 7.20. The Morgan fingerprint density at radius 3 is 3.00 bits per heavy atom. The largest absolute Gasteiger partial charge is 0.337 e. The van der Waals surface area contributed by atoms with E-state index < -0.39 is 0 Å². The number of carbonyl (C=O) groups is 1. The summed E-state index contributed by atoms with van der Waals surface area (Å²) in [5.41, 5.74) is 2.83. The number of carbonyl (C=O) groups excluding carboxylic acids is 1. The monoisotopic (exact) mass is 346 g/mol. The number of pyridine rings is 1. The lowest BCUT2D eigenvalue weighted by atomic mass is 9.90. The standard InChI is InChI=1S/C21H22N4O/c1-15-22-10-8-20(24-15)21(26)25-11-3-4-17(14-25)12-16-6-7-19-18(13-16)5-2-9-23-19/h2,5-10,13,17H,3-4,11-12,14H2,1H3. The van der Waals surface area contributed by atoms with Crippen molar-refractivity contribution in [3.63, 3.8) is 0 Å². The van der Waals surface area contributed by atoms with Crippen molar-refractivity contribution in [1.82, 2.24) is 19.9 Å². The van der Waals surface area contributed by atoms with E-state index in [1.54, 1.807) is 12.3 Å². The minimum absolute atomic E-state index is 0.0166. The molecule has 0 N–H and O–H groups in total. The normalized spacial score (nSPS) is 17.4. The van der Waals surface area contributed by atoms with Crippen LogP contribution in [0.25, 0.3) is 10.9 Å². The van der Waals surface area contributed by atoms with Crippen LogP contribution in [-0.4, -0.2) is 38.8 Å². The predicted octanol–water partition coefficient (Wildman–Crippen LogP) is 3.43. The van der Waals surface area contributed by atoms with E-state index in [-0.39, 0.29) is 5.91 Å². The van der Waals surface area contributed by atoms with E-state index >= 15 is 0 Å². The zero-order chi connectivity index (χ0) is 17.9. The van der Waals surface area contributed by atoms with Gasteiger partial charge in [-0.3, -0.25) is 9.78 Å². The number of nitrogens with zero attached hydrogens (tertiary/aromatic N) is 4. The van der Waals surface area contributed by atoms with E-state index in [4.69, 9.17) is 0 Å². The van der Waals surface area contributed by atoms with Gasteiger partial charge in [0.1, 0.15) is 11.5 Å². The Kier molecular flexibility index (Phi) is 4.61. The van der Waals surface area contributed by atoms with Gasteiger partial charge >= 0.3 is 0 Å². The highest BCUT2D eigenvalue weighted by Gasteiger charge is 2.25. The number of hydrogen-bond donors (Lipinski definition) is 0. The zero-order valence-electron chi connectivity index (χ0n) is 14.9. The summed E-state index contributed by atoms with van der Waals surface area (Å²) in [7, 11) is 0. The molecule has 0 saturated carbocycles. The third-order valence-corrected chi connectivity index (χ3v) is 4.99. The first-order valence-electron chi connectivity index (χ1n) is 9.11. The van der Waals surface area contributed by atoms with Gasteiger partial charge in [0.2, 0.25) is 0 Å². The Balaban J connectivity index is 1.46. The van der Waals surface area contributed by atoms with E-state index in [2.05, 4.69) is 39.2 Å². The van der Waals surface area contributed by atoms with Crippen LogP contribution in [-0.2, 0) is 6.42 Å². The first-order chi connectivity index (χ1) is 12.7. The summed E-state index contributed by atoms with van der Waals surface area (Å²) in [5.74, 6) is 1.13. The Morgan fingerprint density at radius 2 is 2.12 bits per heavy atom. The number of aromatic nitrogens is 3.